The van der Waals surface area contributed by atoms with Gasteiger partial charge in [-0.1, -0.05) is 5.16 Å². The van der Waals surface area contributed by atoms with Crippen LogP contribution in [0.1, 0.15) is 33.4 Å². The number of carbonyl (C=O) groups is 2. The fourth-order valence-corrected chi connectivity index (χ4v) is 2.09. The minimum Gasteiger partial charge on any atom is -0.457 e. The maximum atomic E-state index is 12.2. The Kier molecular flexibility index (Phi) is 7.49. The molecule has 0 spiro atoms. The van der Waals surface area contributed by atoms with Gasteiger partial charge in [-0.3, -0.25) is 0 Å². The van der Waals surface area contributed by atoms with Crippen LogP contribution in [0.4, 0.5) is 5.13 Å². The van der Waals surface area contributed by atoms with Crippen LogP contribution in [0.3, 0.4) is 0 Å². The zero-order valence-electron chi connectivity index (χ0n) is 14.2. The van der Waals surface area contributed by atoms with Crippen molar-refractivity contribution in [3.63, 3.8) is 0 Å². The number of carbonyl (C=O) groups excluding carboxylic acids is 2. The second-order valence-corrected chi connectivity index (χ2v) is 7.60. The topological polar surface area (TPSA) is 113 Å². The monoisotopic (exact) mass is 375 g/mol. The van der Waals surface area contributed by atoms with Crippen LogP contribution < -0.4 is 5.73 Å². The van der Waals surface area contributed by atoms with Crippen LogP contribution in [0.5, 0.6) is 0 Å². The molecule has 0 saturated carbocycles. The van der Waals surface area contributed by atoms with Gasteiger partial charge in [0.2, 0.25) is 12.3 Å². The van der Waals surface area contributed by atoms with Gasteiger partial charge in [0.25, 0.3) is 0 Å². The van der Waals surface area contributed by atoms with Crippen molar-refractivity contribution in [1.29, 1.82) is 0 Å². The van der Waals surface area contributed by atoms with Gasteiger partial charge in [0.05, 0.1) is 0 Å². The Morgan fingerprint density at radius 1 is 1.46 bits per heavy atom. The van der Waals surface area contributed by atoms with Gasteiger partial charge in [-0.2, -0.15) is 0 Å². The number of nitrogens with two attached hydrogens (primary N) is 1. The number of hydrogen-bond acceptors (Lipinski definition) is 10. The van der Waals surface area contributed by atoms with Gasteiger partial charge in [0.15, 0.2) is 5.13 Å². The van der Waals surface area contributed by atoms with Gasteiger partial charge >= 0.3 is 11.9 Å². The molecule has 0 saturated heterocycles. The van der Waals surface area contributed by atoms with Crippen molar-refractivity contribution >= 4 is 45.9 Å². The number of nitrogen functional groups attached to an aromatic ring is 1. The molecule has 1 rings (SSSR count). The van der Waals surface area contributed by atoms with Gasteiger partial charge in [-0.15, -0.1) is 23.1 Å². The zero-order valence-corrected chi connectivity index (χ0v) is 15.8. The van der Waals surface area contributed by atoms with Crippen molar-refractivity contribution in [2.75, 3.05) is 18.6 Å². The first-order valence-electron chi connectivity index (χ1n) is 6.99. The van der Waals surface area contributed by atoms with Gasteiger partial charge < -0.3 is 20.0 Å². The van der Waals surface area contributed by atoms with Crippen molar-refractivity contribution in [3.8, 4) is 0 Å². The summed E-state index contributed by atoms with van der Waals surface area (Å²) < 4.78 is 10.3. The lowest BCUT2D eigenvalue weighted by molar-refractivity contribution is -0.160. The highest BCUT2D eigenvalue weighted by Gasteiger charge is 2.23. The molecule has 0 fully saturated rings. The molecule has 0 aliphatic heterocycles. The molecule has 1 unspecified atom stereocenters. The molecule has 0 aliphatic rings. The van der Waals surface area contributed by atoms with E-state index in [1.807, 2.05) is 0 Å². The summed E-state index contributed by atoms with van der Waals surface area (Å²) in [5, 5.41) is 5.51. The van der Waals surface area contributed by atoms with Crippen molar-refractivity contribution in [1.82, 2.24) is 4.98 Å². The average molecular weight is 375 g/mol. The molecule has 24 heavy (non-hydrogen) atoms. The van der Waals surface area contributed by atoms with E-state index in [1.165, 1.54) is 11.8 Å². The molecule has 1 aromatic heterocycles. The van der Waals surface area contributed by atoms with Gasteiger partial charge in [0.1, 0.15) is 16.7 Å². The molecule has 0 amide bonds. The Bertz CT molecular complexity index is 610. The minimum absolute atomic E-state index is 0.160. The van der Waals surface area contributed by atoms with E-state index in [-0.39, 0.29) is 22.0 Å². The van der Waals surface area contributed by atoms with E-state index in [9.17, 15) is 9.59 Å². The van der Waals surface area contributed by atoms with Crippen LogP contribution in [-0.4, -0.2) is 46.5 Å². The molecule has 1 atom stereocenters. The number of ether oxygens (including phenoxy) is 2. The Labute approximate surface area is 148 Å². The standard InChI is InChI=1S/C14H21N3O5S2/c1-8(23-5)21-12(19)11(9-7-24-13(15)16-9)17-20-6-10(18)22-14(2,3)4/h7-8H,6H2,1-5H3,(H2,15,16). The molecular formula is C14H21N3O5S2. The normalized spacial score (nSPS) is 13.3. The average Bonchev–Trinajstić information content (AvgIpc) is 2.87. The van der Waals surface area contributed by atoms with Crippen LogP contribution in [0.2, 0.25) is 0 Å². The maximum Gasteiger partial charge on any atom is 0.363 e. The maximum absolute atomic E-state index is 12.2. The van der Waals surface area contributed by atoms with Gasteiger partial charge in [-0.05, 0) is 34.0 Å². The SMILES string of the molecule is CSC(C)OC(=O)C(=NOCC(=O)OC(C)(C)C)c1csc(N)n1. The van der Waals surface area contributed by atoms with E-state index in [2.05, 4.69) is 10.1 Å². The van der Waals surface area contributed by atoms with E-state index in [0.29, 0.717) is 0 Å². The summed E-state index contributed by atoms with van der Waals surface area (Å²) >= 11 is 2.50. The fourth-order valence-electron chi connectivity index (χ4n) is 1.36. The van der Waals surface area contributed by atoms with Crippen LogP contribution in [-0.2, 0) is 23.9 Å². The third-order valence-corrected chi connectivity index (χ3v) is 3.76. The quantitative estimate of drug-likeness (QED) is 0.333. The lowest BCUT2D eigenvalue weighted by Gasteiger charge is -2.18. The zero-order chi connectivity index (χ0) is 18.3. The highest BCUT2D eigenvalue weighted by atomic mass is 32.2. The largest absolute Gasteiger partial charge is 0.457 e. The molecule has 1 aromatic rings. The second-order valence-electron chi connectivity index (χ2n) is 5.58. The van der Waals surface area contributed by atoms with Crippen molar-refractivity contribution in [2.24, 2.45) is 5.16 Å². The molecule has 8 nitrogen and oxygen atoms in total. The lowest BCUT2D eigenvalue weighted by Crippen LogP contribution is -2.27. The second kappa shape index (κ2) is 8.88. The van der Waals surface area contributed by atoms with Crippen LogP contribution >= 0.6 is 23.1 Å². The Balaban J connectivity index is 2.81. The highest BCUT2D eigenvalue weighted by Crippen LogP contribution is 2.15. The molecule has 10 heteroatoms. The number of thioether (sulfide) groups is 1. The summed E-state index contributed by atoms with van der Waals surface area (Å²) in [5.74, 6) is -1.32. The van der Waals surface area contributed by atoms with Crippen LogP contribution in [0, 0.1) is 0 Å². The Morgan fingerprint density at radius 2 is 2.12 bits per heavy atom. The first kappa shape index (κ1) is 20.2. The van der Waals surface area contributed by atoms with Gasteiger partial charge in [-0.25, -0.2) is 14.6 Å². The lowest BCUT2D eigenvalue weighted by atomic mass is 10.2. The third-order valence-electron chi connectivity index (χ3n) is 2.32. The van der Waals surface area contributed by atoms with Gasteiger partial charge in [0, 0.05) is 5.38 Å². The Morgan fingerprint density at radius 3 is 2.62 bits per heavy atom. The number of nitrogens with zero attached hydrogens (tertiary/aromatic N) is 2. The van der Waals surface area contributed by atoms with Crippen molar-refractivity contribution < 1.29 is 23.9 Å². The third kappa shape index (κ3) is 7.18. The molecule has 134 valence electrons. The first-order valence-corrected chi connectivity index (χ1v) is 9.16. The predicted molar refractivity (Wildman–Crippen MR) is 93.9 cm³/mol. The fraction of sp³-hybridized carbons (Fsp3) is 0.571. The summed E-state index contributed by atoms with van der Waals surface area (Å²) in [6.07, 6.45) is 1.80. The molecular weight excluding hydrogens is 354 g/mol. The number of anilines is 1. The number of thiazole rings is 1. The summed E-state index contributed by atoms with van der Waals surface area (Å²) in [6.45, 7) is 6.49. The molecule has 0 aliphatic carbocycles. The number of rotatable bonds is 7. The molecule has 0 aromatic carbocycles. The van der Waals surface area contributed by atoms with E-state index in [4.69, 9.17) is 20.0 Å². The van der Waals surface area contributed by atoms with E-state index in [1.54, 1.807) is 39.3 Å². The van der Waals surface area contributed by atoms with E-state index < -0.39 is 24.1 Å². The number of aromatic nitrogens is 1. The molecule has 0 bridgehead atoms. The smallest absolute Gasteiger partial charge is 0.363 e. The van der Waals surface area contributed by atoms with E-state index in [0.717, 1.165) is 11.3 Å². The summed E-state index contributed by atoms with van der Waals surface area (Å²) in [6, 6.07) is 0. The van der Waals surface area contributed by atoms with Crippen LogP contribution in [0.15, 0.2) is 10.5 Å². The molecule has 1 heterocycles. The summed E-state index contributed by atoms with van der Waals surface area (Å²) in [5.41, 5.74) is 4.63. The van der Waals surface area contributed by atoms with Crippen molar-refractivity contribution in [2.45, 2.75) is 38.7 Å². The number of hydrogen-bond donors (Lipinski definition) is 1. The Hall–Kier alpha value is -1.81. The van der Waals surface area contributed by atoms with Crippen molar-refractivity contribution in [3.05, 3.63) is 11.1 Å². The molecule has 2 N–H and O–H groups in total. The minimum atomic E-state index is -0.716. The first-order chi connectivity index (χ1) is 11.1. The summed E-state index contributed by atoms with van der Waals surface area (Å²) in [7, 11) is 0. The number of esters is 2. The number of oxime groups is 1. The van der Waals surface area contributed by atoms with Crippen LogP contribution in [0.25, 0.3) is 0 Å². The highest BCUT2D eigenvalue weighted by molar-refractivity contribution is 7.99. The summed E-state index contributed by atoms with van der Waals surface area (Å²) in [4.78, 5) is 32.7. The predicted octanol–water partition coefficient (Wildman–Crippen LogP) is 2.04. The van der Waals surface area contributed by atoms with E-state index >= 15 is 0 Å². The molecule has 0 radical (unpaired) electrons.